The molecule has 0 radical (unpaired) electrons. The summed E-state index contributed by atoms with van der Waals surface area (Å²) < 4.78 is 8.22. The lowest BCUT2D eigenvalue weighted by Gasteiger charge is -2.00. The molecule has 0 aliphatic carbocycles. The van der Waals surface area contributed by atoms with Crippen LogP contribution in [-0.4, -0.2) is 18.6 Å². The van der Waals surface area contributed by atoms with Crippen molar-refractivity contribution in [1.82, 2.24) is 0 Å². The van der Waals surface area contributed by atoms with Crippen LogP contribution in [0.15, 0.2) is 0 Å². The van der Waals surface area contributed by atoms with Gasteiger partial charge in [0.15, 0.2) is 0 Å². The molecule has 0 aliphatic heterocycles. The van der Waals surface area contributed by atoms with Crippen LogP contribution in [0.3, 0.4) is 0 Å². The molecule has 0 atom stereocenters. The maximum atomic E-state index is 10.7. The summed E-state index contributed by atoms with van der Waals surface area (Å²) in [7, 11) is 0. The molecule has 0 saturated carbocycles. The Morgan fingerprint density at radius 2 is 1.71 bits per heavy atom. The summed E-state index contributed by atoms with van der Waals surface area (Å²) in [5.41, 5.74) is 0. The van der Waals surface area contributed by atoms with Crippen molar-refractivity contribution in [2.45, 2.75) is 12.5 Å². The Bertz CT molecular complexity index is 314. The topological polar surface area (TPSA) is 91.8 Å². The molecule has 0 unspecified atom stereocenters. The summed E-state index contributed by atoms with van der Waals surface area (Å²) in [4.78, 5) is 15.9. The van der Waals surface area contributed by atoms with Gasteiger partial charge >= 0.3 is 12.5 Å². The molecule has 0 aromatic carbocycles. The van der Waals surface area contributed by atoms with Gasteiger partial charge in [-0.1, -0.05) is 0 Å². The number of carbonyl (C=O) groups is 1. The number of nitrogens with zero attached hydrogens (tertiary/aromatic N) is 4. The highest BCUT2D eigenvalue weighted by Gasteiger charge is 2.25. The third-order valence-electron chi connectivity index (χ3n) is 0.871. The summed E-state index contributed by atoms with van der Waals surface area (Å²) in [6.45, 7) is 12.7. The van der Waals surface area contributed by atoms with Crippen molar-refractivity contribution >= 4 is 6.16 Å². The molecular formula is C7H2N4O3. The van der Waals surface area contributed by atoms with Crippen LogP contribution in [0.1, 0.15) is 0 Å². The van der Waals surface area contributed by atoms with Gasteiger partial charge in [0, 0.05) is 0 Å². The van der Waals surface area contributed by atoms with Gasteiger partial charge in [-0.05, 0) is 0 Å². The van der Waals surface area contributed by atoms with E-state index < -0.39 is 18.6 Å². The minimum absolute atomic E-state index is 1.35. The van der Waals surface area contributed by atoms with E-state index in [0.717, 1.165) is 0 Å². The minimum atomic E-state index is -1.64. The molecule has 0 bridgehead atoms. The van der Waals surface area contributed by atoms with E-state index in [1.165, 1.54) is 12.1 Å². The fraction of sp³-hybridized carbons (Fsp3) is 0.286. The second-order valence-electron chi connectivity index (χ2n) is 1.71. The highest BCUT2D eigenvalue weighted by Crippen LogP contribution is 2.00. The van der Waals surface area contributed by atoms with E-state index in [-0.39, 0.29) is 0 Å². The number of nitriles is 2. The number of hydrogen-bond donors (Lipinski definition) is 0. The molecule has 7 nitrogen and oxygen atoms in total. The predicted molar refractivity (Wildman–Crippen MR) is 39.6 cm³/mol. The van der Waals surface area contributed by atoms with Crippen molar-refractivity contribution in [2.75, 3.05) is 0 Å². The normalized spacial score (nSPS) is 7.86. The quantitative estimate of drug-likeness (QED) is 0.471. The van der Waals surface area contributed by atoms with Gasteiger partial charge in [-0.3, -0.25) is 4.74 Å². The first-order valence-electron chi connectivity index (χ1n) is 3.07. The van der Waals surface area contributed by atoms with Gasteiger partial charge < -0.3 is 4.74 Å². The van der Waals surface area contributed by atoms with Crippen LogP contribution in [0.4, 0.5) is 4.79 Å². The summed E-state index contributed by atoms with van der Waals surface area (Å²) in [6.07, 6.45) is -4.63. The second-order valence-corrected chi connectivity index (χ2v) is 1.71. The van der Waals surface area contributed by atoms with E-state index in [0.29, 0.717) is 0 Å². The average Bonchev–Trinajstić information content (AvgIpc) is 2.22. The zero-order valence-electron chi connectivity index (χ0n) is 6.67. The highest BCUT2D eigenvalue weighted by molar-refractivity contribution is 5.61. The molecule has 0 fully saturated rings. The first-order chi connectivity index (χ1) is 6.67. The molecule has 0 spiro atoms. The van der Waals surface area contributed by atoms with E-state index >= 15 is 0 Å². The molecule has 7 heteroatoms. The standard InChI is InChI=1S/C7H2N4O3/c1-10-6(11-2)14-7(12)13-5(3-8)4-9/h5-6H. The van der Waals surface area contributed by atoms with E-state index in [1.807, 2.05) is 0 Å². The molecule has 0 rings (SSSR count). The summed E-state index contributed by atoms with van der Waals surface area (Å²) in [5, 5.41) is 16.4. The van der Waals surface area contributed by atoms with Crippen LogP contribution in [0.25, 0.3) is 9.69 Å². The average molecular weight is 190 g/mol. The van der Waals surface area contributed by atoms with Crippen LogP contribution < -0.4 is 0 Å². The lowest BCUT2D eigenvalue weighted by Crippen LogP contribution is -2.18. The predicted octanol–water partition coefficient (Wildman–Crippen LogP) is 0.678. The lowest BCUT2D eigenvalue weighted by atomic mass is 10.4. The van der Waals surface area contributed by atoms with Crippen LogP contribution >= 0.6 is 0 Å². The maximum Gasteiger partial charge on any atom is 0.653 e. The van der Waals surface area contributed by atoms with E-state index in [9.17, 15) is 4.79 Å². The molecule has 0 aliphatic rings. The lowest BCUT2D eigenvalue weighted by molar-refractivity contribution is 0.0434. The number of carbonyl (C=O) groups excluding carboxylic acids is 1. The molecule has 14 heavy (non-hydrogen) atoms. The Kier molecular flexibility index (Phi) is 4.67. The van der Waals surface area contributed by atoms with Crippen molar-refractivity contribution in [1.29, 1.82) is 10.5 Å². The number of hydrogen-bond acceptors (Lipinski definition) is 5. The Morgan fingerprint density at radius 1 is 1.21 bits per heavy atom. The van der Waals surface area contributed by atoms with Gasteiger partial charge in [0.1, 0.15) is 12.1 Å². The van der Waals surface area contributed by atoms with Crippen molar-refractivity contribution < 1.29 is 14.3 Å². The van der Waals surface area contributed by atoms with Gasteiger partial charge in [-0.25, -0.2) is 17.9 Å². The molecule has 0 saturated heterocycles. The first-order valence-corrected chi connectivity index (χ1v) is 3.07. The fourth-order valence-electron chi connectivity index (χ4n) is 0.373. The van der Waals surface area contributed by atoms with Crippen LogP contribution in [0.2, 0.25) is 0 Å². The molecular weight excluding hydrogens is 188 g/mol. The SMILES string of the molecule is [C-]#[N+]C([N+]#[C-])OC(=O)OC(C#N)C#N. The van der Waals surface area contributed by atoms with Gasteiger partial charge in [0.2, 0.25) is 0 Å². The maximum absolute atomic E-state index is 10.7. The van der Waals surface area contributed by atoms with Crippen molar-refractivity contribution in [3.8, 4) is 12.1 Å². The summed E-state index contributed by atoms with van der Waals surface area (Å²) in [6, 6.07) is 2.71. The fourth-order valence-corrected chi connectivity index (χ4v) is 0.373. The number of ether oxygens (including phenoxy) is 2. The van der Waals surface area contributed by atoms with E-state index in [2.05, 4.69) is 19.2 Å². The molecule has 0 heterocycles. The zero-order valence-corrected chi connectivity index (χ0v) is 6.67. The second kappa shape index (κ2) is 5.83. The van der Waals surface area contributed by atoms with Crippen molar-refractivity contribution in [2.24, 2.45) is 0 Å². The van der Waals surface area contributed by atoms with E-state index in [4.69, 9.17) is 23.7 Å². The van der Waals surface area contributed by atoms with Crippen molar-refractivity contribution in [3.63, 3.8) is 0 Å². The third-order valence-corrected chi connectivity index (χ3v) is 0.871. The van der Waals surface area contributed by atoms with Crippen molar-refractivity contribution in [3.05, 3.63) is 22.8 Å². The molecule has 0 amide bonds. The largest absolute Gasteiger partial charge is 0.653 e. The molecule has 68 valence electrons. The van der Waals surface area contributed by atoms with Crippen LogP contribution in [-0.2, 0) is 9.47 Å². The third kappa shape index (κ3) is 3.57. The highest BCUT2D eigenvalue weighted by atomic mass is 16.7. The Labute approximate surface area is 79.3 Å². The Hall–Kier alpha value is -2.77. The Balaban J connectivity index is 4.16. The van der Waals surface area contributed by atoms with Gasteiger partial charge in [-0.15, -0.1) is 0 Å². The molecule has 0 aromatic rings. The first kappa shape index (κ1) is 11.2. The zero-order chi connectivity index (χ0) is 11.0. The van der Waals surface area contributed by atoms with Gasteiger partial charge in [0.25, 0.3) is 6.10 Å². The summed E-state index contributed by atoms with van der Waals surface area (Å²) >= 11 is 0. The van der Waals surface area contributed by atoms with Crippen LogP contribution in [0.5, 0.6) is 0 Å². The molecule has 0 N–H and O–H groups in total. The Morgan fingerprint density at radius 3 is 2.07 bits per heavy atom. The summed E-state index contributed by atoms with van der Waals surface area (Å²) in [5.74, 6) is 0. The van der Waals surface area contributed by atoms with Gasteiger partial charge in [-0.2, -0.15) is 20.2 Å². The molecule has 0 aromatic heterocycles. The van der Waals surface area contributed by atoms with E-state index in [1.54, 1.807) is 0 Å². The number of rotatable bonds is 2. The minimum Gasteiger partial charge on any atom is -0.401 e. The smallest absolute Gasteiger partial charge is 0.401 e. The monoisotopic (exact) mass is 190 g/mol. The van der Waals surface area contributed by atoms with Crippen LogP contribution in [0, 0.1) is 35.8 Å². The van der Waals surface area contributed by atoms with Gasteiger partial charge in [0.05, 0.1) is 0 Å².